The molecule has 0 fully saturated rings. The van der Waals surface area contributed by atoms with E-state index in [4.69, 9.17) is 51.1 Å². The Hall–Kier alpha value is -2.24. The number of esters is 1. The minimum atomic E-state index is -0.667. The average molecular weight is 469 g/mol. The summed E-state index contributed by atoms with van der Waals surface area (Å²) in [5, 5.41) is 3.99. The summed E-state index contributed by atoms with van der Waals surface area (Å²) in [6.07, 6.45) is 0. The Morgan fingerprint density at radius 2 is 1.28 bits per heavy atom. The Bertz CT molecular complexity index is 1070. The molecule has 1 amide bonds. The quantitative estimate of drug-likeness (QED) is 0.328. The molecule has 0 unspecified atom stereocenters. The van der Waals surface area contributed by atoms with Crippen molar-refractivity contribution < 1.29 is 14.3 Å². The number of benzene rings is 3. The van der Waals surface area contributed by atoms with Crippen molar-refractivity contribution in [1.29, 1.82) is 0 Å². The Balaban J connectivity index is 1.87. The lowest BCUT2D eigenvalue weighted by atomic mass is 10.1. The van der Waals surface area contributed by atoms with E-state index in [1.807, 2.05) is 6.92 Å². The number of nitrogens with one attached hydrogen (secondary N) is 1. The molecule has 0 atom stereocenters. The van der Waals surface area contributed by atoms with E-state index in [2.05, 4.69) is 5.32 Å². The monoisotopic (exact) mass is 467 g/mol. The maximum atomic E-state index is 12.6. The van der Waals surface area contributed by atoms with Gasteiger partial charge >= 0.3 is 5.97 Å². The number of hydrogen-bond acceptors (Lipinski definition) is 3. The molecule has 0 aliphatic rings. The number of amides is 1. The first-order valence-corrected chi connectivity index (χ1v) is 9.79. The molecule has 0 spiro atoms. The molecule has 3 aromatic carbocycles. The lowest BCUT2D eigenvalue weighted by molar-refractivity contribution is 0.0734. The predicted molar refractivity (Wildman–Crippen MR) is 117 cm³/mol. The van der Waals surface area contributed by atoms with E-state index in [1.54, 1.807) is 18.2 Å². The third-order valence-corrected chi connectivity index (χ3v) is 4.68. The van der Waals surface area contributed by atoms with Crippen LogP contribution in [0, 0.1) is 6.92 Å². The Morgan fingerprint density at radius 1 is 0.759 bits per heavy atom. The smallest absolute Gasteiger partial charge is 0.343 e. The standard InChI is InChI=1S/C21H13Cl4NO3/c1-11-2-3-19(29-21(28)13-7-16(24)10-17(25)8-13)18(4-11)26-20(27)12-5-14(22)9-15(23)6-12/h2-10H,1H3,(H,26,27). The second-order valence-electron chi connectivity index (χ2n) is 6.16. The van der Waals surface area contributed by atoms with Gasteiger partial charge in [-0.05, 0) is 61.0 Å². The van der Waals surface area contributed by atoms with E-state index in [-0.39, 0.29) is 16.9 Å². The molecular weight excluding hydrogens is 456 g/mol. The highest BCUT2D eigenvalue weighted by Gasteiger charge is 2.16. The SMILES string of the molecule is Cc1ccc(OC(=O)c2cc(Cl)cc(Cl)c2)c(NC(=O)c2cc(Cl)cc(Cl)c2)c1. The summed E-state index contributed by atoms with van der Waals surface area (Å²) in [6.45, 7) is 1.84. The van der Waals surface area contributed by atoms with Crippen molar-refractivity contribution >= 4 is 64.0 Å². The molecule has 0 saturated heterocycles. The van der Waals surface area contributed by atoms with Gasteiger partial charge in [0.2, 0.25) is 0 Å². The summed E-state index contributed by atoms with van der Waals surface area (Å²) in [5.41, 5.74) is 1.62. The van der Waals surface area contributed by atoms with Gasteiger partial charge in [-0.15, -0.1) is 0 Å². The van der Waals surface area contributed by atoms with E-state index in [0.717, 1.165) is 5.56 Å². The molecule has 0 radical (unpaired) electrons. The molecule has 0 bridgehead atoms. The van der Waals surface area contributed by atoms with Gasteiger partial charge in [-0.3, -0.25) is 4.79 Å². The van der Waals surface area contributed by atoms with Crippen LogP contribution in [0.25, 0.3) is 0 Å². The Labute approximate surface area is 187 Å². The molecule has 4 nitrogen and oxygen atoms in total. The zero-order chi connectivity index (χ0) is 21.1. The molecular formula is C21H13Cl4NO3. The van der Waals surface area contributed by atoms with Gasteiger partial charge in [0, 0.05) is 25.7 Å². The predicted octanol–water partition coefficient (Wildman–Crippen LogP) is 7.08. The molecule has 3 aromatic rings. The number of anilines is 1. The first kappa shape index (κ1) is 21.5. The molecule has 0 saturated carbocycles. The number of rotatable bonds is 4. The highest BCUT2D eigenvalue weighted by Crippen LogP contribution is 2.29. The third kappa shape index (κ3) is 5.64. The van der Waals surface area contributed by atoms with Crippen LogP contribution in [0.1, 0.15) is 26.3 Å². The summed E-state index contributed by atoms with van der Waals surface area (Å²) >= 11 is 23.8. The van der Waals surface area contributed by atoms with Crippen molar-refractivity contribution in [2.24, 2.45) is 0 Å². The highest BCUT2D eigenvalue weighted by atomic mass is 35.5. The first-order valence-electron chi connectivity index (χ1n) is 8.27. The fraction of sp³-hybridized carbons (Fsp3) is 0.0476. The van der Waals surface area contributed by atoms with Gasteiger partial charge < -0.3 is 10.1 Å². The molecule has 0 aromatic heterocycles. The van der Waals surface area contributed by atoms with Gasteiger partial charge in [0.15, 0.2) is 5.75 Å². The zero-order valence-corrected chi connectivity index (χ0v) is 18.0. The van der Waals surface area contributed by atoms with Gasteiger partial charge in [-0.2, -0.15) is 0 Å². The summed E-state index contributed by atoms with van der Waals surface area (Å²) in [7, 11) is 0. The van der Waals surface area contributed by atoms with Crippen molar-refractivity contribution in [3.05, 3.63) is 91.4 Å². The van der Waals surface area contributed by atoms with Gasteiger partial charge in [0.05, 0.1) is 11.3 Å². The molecule has 0 heterocycles. The highest BCUT2D eigenvalue weighted by molar-refractivity contribution is 6.35. The first-order chi connectivity index (χ1) is 13.7. The van der Waals surface area contributed by atoms with Crippen LogP contribution in [0.2, 0.25) is 20.1 Å². The number of carbonyl (C=O) groups excluding carboxylic acids is 2. The molecule has 0 aliphatic heterocycles. The molecule has 29 heavy (non-hydrogen) atoms. The average Bonchev–Trinajstić information content (AvgIpc) is 2.62. The number of hydrogen-bond donors (Lipinski definition) is 1. The largest absolute Gasteiger partial charge is 0.421 e. The van der Waals surface area contributed by atoms with Crippen LogP contribution in [0.15, 0.2) is 54.6 Å². The molecule has 8 heteroatoms. The van der Waals surface area contributed by atoms with Crippen LogP contribution >= 0.6 is 46.4 Å². The van der Waals surface area contributed by atoms with Crippen LogP contribution in [0.3, 0.4) is 0 Å². The van der Waals surface area contributed by atoms with Crippen molar-refractivity contribution in [2.45, 2.75) is 6.92 Å². The molecule has 0 aliphatic carbocycles. The van der Waals surface area contributed by atoms with Crippen molar-refractivity contribution in [1.82, 2.24) is 0 Å². The summed E-state index contributed by atoms with van der Waals surface area (Å²) in [4.78, 5) is 25.1. The van der Waals surface area contributed by atoms with E-state index in [0.29, 0.717) is 25.8 Å². The Morgan fingerprint density at radius 3 is 1.83 bits per heavy atom. The molecule has 148 valence electrons. The fourth-order valence-corrected chi connectivity index (χ4v) is 3.59. The van der Waals surface area contributed by atoms with Gasteiger partial charge in [-0.1, -0.05) is 52.5 Å². The lowest BCUT2D eigenvalue weighted by Crippen LogP contribution is -2.15. The van der Waals surface area contributed by atoms with Gasteiger partial charge in [0.1, 0.15) is 0 Å². The number of halogens is 4. The van der Waals surface area contributed by atoms with E-state index in [1.165, 1.54) is 36.4 Å². The number of ether oxygens (including phenoxy) is 1. The van der Waals surface area contributed by atoms with Crippen LogP contribution in [-0.2, 0) is 0 Å². The number of carbonyl (C=O) groups is 2. The van der Waals surface area contributed by atoms with Crippen LogP contribution in [0.4, 0.5) is 5.69 Å². The summed E-state index contributed by atoms with van der Waals surface area (Å²) in [6, 6.07) is 13.9. The topological polar surface area (TPSA) is 55.4 Å². The normalized spacial score (nSPS) is 10.5. The summed E-state index contributed by atoms with van der Waals surface area (Å²) in [5.74, 6) is -0.958. The van der Waals surface area contributed by atoms with Gasteiger partial charge in [-0.25, -0.2) is 4.79 Å². The minimum absolute atomic E-state index is 0.165. The zero-order valence-electron chi connectivity index (χ0n) is 14.9. The molecule has 3 rings (SSSR count). The van der Waals surface area contributed by atoms with Crippen molar-refractivity contribution in [2.75, 3.05) is 5.32 Å². The van der Waals surface area contributed by atoms with Crippen molar-refractivity contribution in [3.8, 4) is 5.75 Å². The van der Waals surface area contributed by atoms with Crippen molar-refractivity contribution in [3.63, 3.8) is 0 Å². The second-order valence-corrected chi connectivity index (χ2v) is 7.91. The summed E-state index contributed by atoms with van der Waals surface area (Å²) < 4.78 is 5.46. The Kier molecular flexibility index (Phi) is 6.70. The third-order valence-electron chi connectivity index (χ3n) is 3.81. The van der Waals surface area contributed by atoms with E-state index >= 15 is 0 Å². The maximum Gasteiger partial charge on any atom is 0.343 e. The molecule has 1 N–H and O–H groups in total. The maximum absolute atomic E-state index is 12.6. The fourth-order valence-electron chi connectivity index (χ4n) is 2.54. The minimum Gasteiger partial charge on any atom is -0.421 e. The van der Waals surface area contributed by atoms with E-state index in [9.17, 15) is 9.59 Å². The number of aryl methyl sites for hydroxylation is 1. The second kappa shape index (κ2) is 9.06. The van der Waals surface area contributed by atoms with Gasteiger partial charge in [0.25, 0.3) is 5.91 Å². The lowest BCUT2D eigenvalue weighted by Gasteiger charge is -2.13. The van der Waals surface area contributed by atoms with Crippen LogP contribution in [0.5, 0.6) is 5.75 Å². The van der Waals surface area contributed by atoms with Crippen LogP contribution in [-0.4, -0.2) is 11.9 Å². The van der Waals surface area contributed by atoms with E-state index < -0.39 is 11.9 Å². The van der Waals surface area contributed by atoms with Crippen LogP contribution < -0.4 is 10.1 Å².